The van der Waals surface area contributed by atoms with Crippen molar-refractivity contribution < 1.29 is 0 Å². The second kappa shape index (κ2) is 4.58. The van der Waals surface area contributed by atoms with Gasteiger partial charge in [-0.2, -0.15) is 21.0 Å². The highest BCUT2D eigenvalue weighted by molar-refractivity contribution is 8.11. The minimum Gasteiger partial charge on any atom is -0.197 e. The van der Waals surface area contributed by atoms with Crippen LogP contribution in [0, 0.1) is 45.3 Å². The van der Waals surface area contributed by atoms with E-state index in [1.807, 2.05) is 24.3 Å². The second-order valence-electron chi connectivity index (χ2n) is 2.22. The molecule has 0 spiro atoms. The second-order valence-corrected chi connectivity index (χ2v) is 4.52. The summed E-state index contributed by atoms with van der Waals surface area (Å²) < 4.78 is 0. The minimum atomic E-state index is -0.572. The normalized spacial score (nSPS) is 25.4. The van der Waals surface area contributed by atoms with Crippen molar-refractivity contribution in [3.8, 4) is 24.3 Å². The van der Waals surface area contributed by atoms with Gasteiger partial charge in [-0.25, -0.2) is 0 Å². The number of hydrogen-bond donors (Lipinski definition) is 0. The Kier molecular flexibility index (Phi) is 3.43. The van der Waals surface area contributed by atoms with E-state index < -0.39 is 10.5 Å². The average Bonchev–Trinajstić information content (AvgIpc) is 2.26. The van der Waals surface area contributed by atoms with Crippen molar-refractivity contribution in [2.45, 2.75) is 10.5 Å². The van der Waals surface area contributed by atoms with Crippen LogP contribution in [0.25, 0.3) is 0 Å². The van der Waals surface area contributed by atoms with Gasteiger partial charge in [0.2, 0.25) is 0 Å². The Bertz CT molecular complexity index is 398. The highest BCUT2D eigenvalue weighted by Crippen LogP contribution is 2.41. The van der Waals surface area contributed by atoms with Gasteiger partial charge in [0, 0.05) is 0 Å². The van der Waals surface area contributed by atoms with Crippen LogP contribution in [-0.4, -0.2) is 10.5 Å². The Morgan fingerprint density at radius 3 is 1.36 bits per heavy atom. The van der Waals surface area contributed by atoms with Crippen molar-refractivity contribution >= 4 is 23.5 Å². The molecular weight excluding hydrogens is 216 g/mol. The third-order valence-corrected chi connectivity index (χ3v) is 4.06. The zero-order valence-corrected chi connectivity index (χ0v) is 8.39. The summed E-state index contributed by atoms with van der Waals surface area (Å²) in [7, 11) is 0. The zero-order chi connectivity index (χ0) is 10.6. The Labute approximate surface area is 89.4 Å². The third-order valence-electron chi connectivity index (χ3n) is 1.43. The van der Waals surface area contributed by atoms with Crippen LogP contribution < -0.4 is 0 Å². The lowest BCUT2D eigenvalue weighted by molar-refractivity contribution is 1.11. The molecule has 1 aliphatic rings. The summed E-state index contributed by atoms with van der Waals surface area (Å²) in [5, 5.41) is 33.6. The Morgan fingerprint density at radius 2 is 1.14 bits per heavy atom. The first-order valence-electron chi connectivity index (χ1n) is 3.43. The van der Waals surface area contributed by atoms with Crippen molar-refractivity contribution in [3.05, 3.63) is 9.81 Å². The van der Waals surface area contributed by atoms with E-state index in [0.717, 1.165) is 23.5 Å². The first kappa shape index (κ1) is 10.5. The van der Waals surface area contributed by atoms with Gasteiger partial charge in [-0.1, -0.05) is 23.5 Å². The fourth-order valence-electron chi connectivity index (χ4n) is 0.827. The Balaban J connectivity index is 3.07. The van der Waals surface area contributed by atoms with Gasteiger partial charge in [0.05, 0.1) is 12.1 Å². The Hall–Kier alpha value is -1.60. The predicted molar refractivity (Wildman–Crippen MR) is 52.2 cm³/mol. The van der Waals surface area contributed by atoms with E-state index in [1.54, 1.807) is 0 Å². The molecule has 0 unspecified atom stereocenters. The lowest BCUT2D eigenvalue weighted by atomic mass is 10.3. The highest BCUT2D eigenvalue weighted by Gasteiger charge is 2.32. The van der Waals surface area contributed by atoms with Gasteiger partial charge in [-0.05, 0) is 0 Å². The monoisotopic (exact) mass is 218 g/mol. The first-order chi connectivity index (χ1) is 6.76. The van der Waals surface area contributed by atoms with E-state index in [1.165, 1.54) is 0 Å². The molecule has 0 saturated heterocycles. The molecule has 1 aliphatic heterocycles. The summed E-state index contributed by atoms with van der Waals surface area (Å²) in [6.45, 7) is 0. The van der Waals surface area contributed by atoms with Gasteiger partial charge in [0.25, 0.3) is 0 Å². The lowest BCUT2D eigenvalue weighted by Gasteiger charge is -2.19. The molecule has 0 aliphatic carbocycles. The minimum absolute atomic E-state index is 0.232. The van der Waals surface area contributed by atoms with Crippen LogP contribution in [-0.2, 0) is 0 Å². The molecular formula is C8H2N4S2. The molecule has 0 aromatic heterocycles. The number of nitrogens with zero attached hydrogens (tertiary/aromatic N) is 4. The predicted octanol–water partition coefficient (Wildman–Crippen LogP) is 1.51. The molecule has 0 aromatic carbocycles. The van der Waals surface area contributed by atoms with Crippen molar-refractivity contribution in [3.63, 3.8) is 0 Å². The van der Waals surface area contributed by atoms with Crippen LogP contribution in [0.1, 0.15) is 0 Å². The summed E-state index contributed by atoms with van der Waals surface area (Å²) in [4.78, 5) is 0.464. The zero-order valence-electron chi connectivity index (χ0n) is 6.76. The first-order valence-corrected chi connectivity index (χ1v) is 5.19. The van der Waals surface area contributed by atoms with Crippen LogP contribution in [0.4, 0.5) is 0 Å². The van der Waals surface area contributed by atoms with E-state index in [-0.39, 0.29) is 9.81 Å². The molecule has 66 valence electrons. The molecule has 0 fully saturated rings. The molecule has 14 heavy (non-hydrogen) atoms. The quantitative estimate of drug-likeness (QED) is 0.611. The summed E-state index contributed by atoms with van der Waals surface area (Å²) in [6, 6.07) is 7.58. The van der Waals surface area contributed by atoms with Crippen molar-refractivity contribution in [2.24, 2.45) is 0 Å². The number of nitriles is 4. The molecule has 2 atom stereocenters. The van der Waals surface area contributed by atoms with Gasteiger partial charge in [0.1, 0.15) is 32.4 Å². The maximum atomic E-state index is 8.71. The summed E-state index contributed by atoms with van der Waals surface area (Å²) in [5.74, 6) is 0. The summed E-state index contributed by atoms with van der Waals surface area (Å²) >= 11 is 1.98. The van der Waals surface area contributed by atoms with Crippen LogP contribution in [0.5, 0.6) is 0 Å². The third kappa shape index (κ3) is 1.83. The largest absolute Gasteiger partial charge is 0.197 e. The van der Waals surface area contributed by atoms with Gasteiger partial charge in [0.15, 0.2) is 0 Å². The molecule has 1 rings (SSSR count). The van der Waals surface area contributed by atoms with Crippen LogP contribution >= 0.6 is 23.5 Å². The van der Waals surface area contributed by atoms with Crippen molar-refractivity contribution in [2.75, 3.05) is 0 Å². The molecule has 0 N–H and O–H groups in total. The number of allylic oxidation sites excluding steroid dienone is 2. The van der Waals surface area contributed by atoms with Crippen LogP contribution in [0.15, 0.2) is 9.81 Å². The molecule has 0 saturated carbocycles. The van der Waals surface area contributed by atoms with Crippen LogP contribution in [0.2, 0.25) is 0 Å². The van der Waals surface area contributed by atoms with Gasteiger partial charge in [-0.15, -0.1) is 0 Å². The van der Waals surface area contributed by atoms with E-state index in [2.05, 4.69) is 0 Å². The fraction of sp³-hybridized carbons (Fsp3) is 0.250. The van der Waals surface area contributed by atoms with E-state index >= 15 is 0 Å². The van der Waals surface area contributed by atoms with Gasteiger partial charge < -0.3 is 0 Å². The van der Waals surface area contributed by atoms with Gasteiger partial charge >= 0.3 is 0 Å². The summed E-state index contributed by atoms with van der Waals surface area (Å²) in [5.41, 5.74) is 0. The number of rotatable bonds is 0. The number of thioether (sulfide) groups is 2. The van der Waals surface area contributed by atoms with Crippen LogP contribution in [0.3, 0.4) is 0 Å². The average molecular weight is 218 g/mol. The van der Waals surface area contributed by atoms with Crippen molar-refractivity contribution in [1.82, 2.24) is 0 Å². The summed E-state index contributed by atoms with van der Waals surface area (Å²) in [6.07, 6.45) is 0. The molecule has 0 bridgehead atoms. The van der Waals surface area contributed by atoms with Crippen molar-refractivity contribution in [1.29, 1.82) is 21.0 Å². The van der Waals surface area contributed by atoms with Gasteiger partial charge in [-0.3, -0.25) is 0 Å². The Morgan fingerprint density at radius 1 is 0.786 bits per heavy atom. The maximum Gasteiger partial charge on any atom is 0.122 e. The smallest absolute Gasteiger partial charge is 0.122 e. The fourth-order valence-corrected chi connectivity index (χ4v) is 2.84. The molecule has 0 amide bonds. The molecule has 0 aromatic rings. The SMILES string of the molecule is N#CC1=C(C#N)S[C@H](C#N)[C@H](C#N)S1. The molecule has 1 heterocycles. The van der Waals surface area contributed by atoms with E-state index in [0.29, 0.717) is 0 Å². The standard InChI is InChI=1S/C8H2N4S2/c9-1-5-6(2-10)14-8(4-12)7(3-11)13-5/h5-6H/t5-,6+. The molecule has 6 heteroatoms. The van der Waals surface area contributed by atoms with E-state index in [4.69, 9.17) is 21.0 Å². The highest BCUT2D eigenvalue weighted by atomic mass is 32.2. The van der Waals surface area contributed by atoms with E-state index in [9.17, 15) is 0 Å². The topological polar surface area (TPSA) is 95.2 Å². The maximum absolute atomic E-state index is 8.71. The molecule has 4 nitrogen and oxygen atoms in total. The number of hydrogen-bond acceptors (Lipinski definition) is 6. The molecule has 0 radical (unpaired) electrons. The lowest BCUT2D eigenvalue weighted by Crippen LogP contribution is -2.20.